The molecule has 0 radical (unpaired) electrons. The second kappa shape index (κ2) is 5.41. The van der Waals surface area contributed by atoms with Gasteiger partial charge in [0.15, 0.2) is 0 Å². The van der Waals surface area contributed by atoms with E-state index in [-0.39, 0.29) is 12.0 Å². The van der Waals surface area contributed by atoms with Crippen LogP contribution in [0, 0.1) is 0 Å². The van der Waals surface area contributed by atoms with E-state index in [1.54, 1.807) is 17.5 Å². The largest absolute Gasteiger partial charge is 0.465 e. The third-order valence-electron chi connectivity index (χ3n) is 2.74. The van der Waals surface area contributed by atoms with Crippen molar-refractivity contribution >= 4 is 17.3 Å². The Bertz CT molecular complexity index is 340. The predicted molar refractivity (Wildman–Crippen MR) is 62.2 cm³/mol. The summed E-state index contributed by atoms with van der Waals surface area (Å²) in [5.41, 5.74) is 0. The molecular weight excluding hydrogens is 224 g/mol. The zero-order valence-corrected chi connectivity index (χ0v) is 10.2. The van der Waals surface area contributed by atoms with E-state index < -0.39 is 0 Å². The standard InChI is InChI=1S/C11H16N2O2S/c1-2-15-11(14)9-4-3-6-13(9)8-10-12-5-7-16-10/h5,7,9H,2-4,6,8H2,1H3. The summed E-state index contributed by atoms with van der Waals surface area (Å²) in [4.78, 5) is 18.1. The molecule has 0 aromatic carbocycles. The molecule has 1 fully saturated rings. The summed E-state index contributed by atoms with van der Waals surface area (Å²) >= 11 is 1.63. The lowest BCUT2D eigenvalue weighted by molar-refractivity contribution is -0.148. The number of rotatable bonds is 4. The van der Waals surface area contributed by atoms with E-state index in [9.17, 15) is 4.79 Å². The third kappa shape index (κ3) is 2.59. The minimum Gasteiger partial charge on any atom is -0.465 e. The molecule has 5 heteroatoms. The van der Waals surface area contributed by atoms with Crippen LogP contribution in [0.1, 0.15) is 24.8 Å². The van der Waals surface area contributed by atoms with Gasteiger partial charge in [-0.3, -0.25) is 9.69 Å². The molecule has 0 N–H and O–H groups in total. The van der Waals surface area contributed by atoms with Crippen LogP contribution in [0.25, 0.3) is 0 Å². The first-order valence-corrected chi connectivity index (χ1v) is 6.48. The maximum Gasteiger partial charge on any atom is 0.323 e. The molecule has 1 unspecified atom stereocenters. The maximum atomic E-state index is 11.7. The van der Waals surface area contributed by atoms with Crippen molar-refractivity contribution in [1.29, 1.82) is 0 Å². The average molecular weight is 240 g/mol. The molecule has 16 heavy (non-hydrogen) atoms. The number of esters is 1. The Morgan fingerprint density at radius 3 is 3.31 bits per heavy atom. The second-order valence-corrected chi connectivity index (χ2v) is 4.79. The van der Waals surface area contributed by atoms with Crippen LogP contribution in [0.4, 0.5) is 0 Å². The van der Waals surface area contributed by atoms with Gasteiger partial charge in [0.1, 0.15) is 11.0 Å². The van der Waals surface area contributed by atoms with Gasteiger partial charge in [-0.2, -0.15) is 0 Å². The van der Waals surface area contributed by atoms with Gasteiger partial charge >= 0.3 is 5.97 Å². The van der Waals surface area contributed by atoms with E-state index in [2.05, 4.69) is 9.88 Å². The topological polar surface area (TPSA) is 42.4 Å². The number of ether oxygens (including phenoxy) is 1. The van der Waals surface area contributed by atoms with Crippen LogP contribution in [0.2, 0.25) is 0 Å². The zero-order chi connectivity index (χ0) is 11.4. The molecule has 4 nitrogen and oxygen atoms in total. The average Bonchev–Trinajstić information content (AvgIpc) is 2.90. The zero-order valence-electron chi connectivity index (χ0n) is 9.39. The van der Waals surface area contributed by atoms with Crippen molar-refractivity contribution in [1.82, 2.24) is 9.88 Å². The molecule has 1 aromatic heterocycles. The quantitative estimate of drug-likeness (QED) is 0.751. The minimum absolute atomic E-state index is 0.0659. The Kier molecular flexibility index (Phi) is 3.90. The van der Waals surface area contributed by atoms with Crippen LogP contribution in [0.3, 0.4) is 0 Å². The lowest BCUT2D eigenvalue weighted by atomic mass is 10.2. The van der Waals surface area contributed by atoms with Gasteiger partial charge in [0.25, 0.3) is 0 Å². The molecule has 1 aromatic rings. The van der Waals surface area contributed by atoms with E-state index in [0.717, 1.165) is 30.9 Å². The Morgan fingerprint density at radius 1 is 1.75 bits per heavy atom. The van der Waals surface area contributed by atoms with Gasteiger partial charge in [-0.25, -0.2) is 4.98 Å². The highest BCUT2D eigenvalue weighted by Crippen LogP contribution is 2.21. The SMILES string of the molecule is CCOC(=O)C1CCCN1Cc1nccs1. The van der Waals surface area contributed by atoms with Crippen molar-refractivity contribution in [3.8, 4) is 0 Å². The second-order valence-electron chi connectivity index (χ2n) is 3.81. The van der Waals surface area contributed by atoms with E-state index >= 15 is 0 Å². The van der Waals surface area contributed by atoms with Crippen molar-refractivity contribution in [2.75, 3.05) is 13.2 Å². The molecule has 0 spiro atoms. The summed E-state index contributed by atoms with van der Waals surface area (Å²) in [5, 5.41) is 3.03. The molecule has 0 saturated carbocycles. The van der Waals surface area contributed by atoms with Crippen LogP contribution in [0.15, 0.2) is 11.6 Å². The van der Waals surface area contributed by atoms with Gasteiger partial charge in [-0.1, -0.05) is 0 Å². The summed E-state index contributed by atoms with van der Waals surface area (Å²) in [6.45, 7) is 4.03. The Labute approximate surface area is 99.2 Å². The van der Waals surface area contributed by atoms with Gasteiger partial charge in [0.2, 0.25) is 0 Å². The highest BCUT2D eigenvalue weighted by molar-refractivity contribution is 7.09. The highest BCUT2D eigenvalue weighted by atomic mass is 32.1. The van der Waals surface area contributed by atoms with Crippen LogP contribution < -0.4 is 0 Å². The molecule has 2 rings (SSSR count). The Hall–Kier alpha value is -0.940. The lowest BCUT2D eigenvalue weighted by Gasteiger charge is -2.21. The lowest BCUT2D eigenvalue weighted by Crippen LogP contribution is -2.36. The van der Waals surface area contributed by atoms with Crippen molar-refractivity contribution in [3.05, 3.63) is 16.6 Å². The van der Waals surface area contributed by atoms with Gasteiger partial charge in [-0.05, 0) is 26.3 Å². The van der Waals surface area contributed by atoms with Gasteiger partial charge in [0, 0.05) is 11.6 Å². The third-order valence-corrected chi connectivity index (χ3v) is 3.51. The molecular formula is C11H16N2O2S. The molecule has 1 saturated heterocycles. The van der Waals surface area contributed by atoms with Gasteiger partial charge < -0.3 is 4.74 Å². The first-order valence-electron chi connectivity index (χ1n) is 5.60. The van der Waals surface area contributed by atoms with Gasteiger partial charge in [-0.15, -0.1) is 11.3 Å². The summed E-state index contributed by atoms with van der Waals surface area (Å²) in [6.07, 6.45) is 3.77. The smallest absolute Gasteiger partial charge is 0.323 e. The minimum atomic E-state index is -0.0865. The van der Waals surface area contributed by atoms with E-state index in [1.165, 1.54) is 0 Å². The maximum absolute atomic E-state index is 11.7. The van der Waals surface area contributed by atoms with Crippen molar-refractivity contribution in [3.63, 3.8) is 0 Å². The number of hydrogen-bond donors (Lipinski definition) is 0. The van der Waals surface area contributed by atoms with Crippen molar-refractivity contribution in [2.45, 2.75) is 32.4 Å². The Balaban J connectivity index is 1.95. The van der Waals surface area contributed by atoms with Crippen molar-refractivity contribution in [2.24, 2.45) is 0 Å². The fraction of sp³-hybridized carbons (Fsp3) is 0.636. The number of nitrogens with zero attached hydrogens (tertiary/aromatic N) is 2. The van der Waals surface area contributed by atoms with Crippen LogP contribution in [0.5, 0.6) is 0 Å². The first kappa shape index (κ1) is 11.5. The molecule has 1 atom stereocenters. The molecule has 0 aliphatic carbocycles. The first-order chi connectivity index (χ1) is 7.81. The monoisotopic (exact) mass is 240 g/mol. The number of hydrogen-bond acceptors (Lipinski definition) is 5. The Morgan fingerprint density at radius 2 is 2.62 bits per heavy atom. The van der Waals surface area contributed by atoms with Crippen LogP contribution >= 0.6 is 11.3 Å². The predicted octanol–water partition coefficient (Wildman–Crippen LogP) is 1.67. The van der Waals surface area contributed by atoms with E-state index in [1.807, 2.05) is 12.3 Å². The van der Waals surface area contributed by atoms with E-state index in [0.29, 0.717) is 6.61 Å². The van der Waals surface area contributed by atoms with Gasteiger partial charge in [0.05, 0.1) is 13.2 Å². The molecule has 2 heterocycles. The van der Waals surface area contributed by atoms with Crippen LogP contribution in [-0.4, -0.2) is 35.0 Å². The normalized spacial score (nSPS) is 21.2. The number of carbonyl (C=O) groups is 1. The number of likely N-dealkylation sites (tertiary alicyclic amines) is 1. The van der Waals surface area contributed by atoms with Crippen LogP contribution in [-0.2, 0) is 16.1 Å². The van der Waals surface area contributed by atoms with Crippen molar-refractivity contribution < 1.29 is 9.53 Å². The molecule has 88 valence electrons. The molecule has 1 aliphatic rings. The summed E-state index contributed by atoms with van der Waals surface area (Å²) in [5.74, 6) is -0.0865. The summed E-state index contributed by atoms with van der Waals surface area (Å²) < 4.78 is 5.08. The number of aromatic nitrogens is 1. The van der Waals surface area contributed by atoms with E-state index in [4.69, 9.17) is 4.74 Å². The summed E-state index contributed by atoms with van der Waals surface area (Å²) in [7, 11) is 0. The fourth-order valence-corrected chi connectivity index (χ4v) is 2.67. The highest BCUT2D eigenvalue weighted by Gasteiger charge is 2.31. The fourth-order valence-electron chi connectivity index (χ4n) is 2.03. The summed E-state index contributed by atoms with van der Waals surface area (Å²) in [6, 6.07) is -0.0659. The number of thiazole rings is 1. The number of carbonyl (C=O) groups excluding carboxylic acids is 1. The molecule has 1 aliphatic heterocycles. The molecule has 0 amide bonds. The molecule has 0 bridgehead atoms.